The molecule has 1 aliphatic heterocycles. The molecule has 1 rings (SSSR count). The smallest absolute Gasteiger partial charge is 0.328 e. The van der Waals surface area contributed by atoms with Gasteiger partial charge in [-0.3, -0.25) is 33.6 Å². The van der Waals surface area contributed by atoms with Crippen molar-refractivity contribution in [3.8, 4) is 0 Å². The summed E-state index contributed by atoms with van der Waals surface area (Å²) >= 11 is 1.00. The first-order chi connectivity index (χ1) is 18.4. The van der Waals surface area contributed by atoms with Crippen molar-refractivity contribution in [3.05, 3.63) is 0 Å². The largest absolute Gasteiger partial charge is 0.468 e. The van der Waals surface area contributed by atoms with Crippen LogP contribution in [0.4, 0.5) is 0 Å². The number of esters is 6. The molecule has 0 N–H and O–H groups in total. The molecule has 15 nitrogen and oxygen atoms in total. The summed E-state index contributed by atoms with van der Waals surface area (Å²) in [6, 6.07) is -1.23. The van der Waals surface area contributed by atoms with Crippen molar-refractivity contribution in [1.29, 1.82) is 0 Å². The predicted molar refractivity (Wildman–Crippen MR) is 134 cm³/mol. The lowest BCUT2D eigenvalue weighted by atomic mass is 9.99. The molecule has 0 unspecified atom stereocenters. The van der Waals surface area contributed by atoms with E-state index in [4.69, 9.17) is 33.3 Å². The summed E-state index contributed by atoms with van der Waals surface area (Å²) in [7, 11) is 1.13. The number of ether oxygens (including phenoxy) is 6. The third-order valence-electron chi connectivity index (χ3n) is 5.22. The minimum absolute atomic E-state index is 0.640. The Morgan fingerprint density at radius 3 is 1.65 bits per heavy atom. The molecule has 0 saturated carbocycles. The number of hydroxylamine groups is 2. The minimum Gasteiger partial charge on any atom is -0.468 e. The SMILES string of the molecule is COC(=O)[C@@H]1N(OC(C)=O)[C@H]([C@H](OC(C)=O)[C@H](OC(C)=O)[C@@H](OC(C)=O)[C@H](COC(C)=O)OC(C)=O)SC1(C)C. The highest BCUT2D eigenvalue weighted by atomic mass is 32.2. The van der Waals surface area contributed by atoms with Gasteiger partial charge in [0, 0.05) is 46.3 Å². The molecule has 0 bridgehead atoms. The van der Waals surface area contributed by atoms with E-state index in [-0.39, 0.29) is 0 Å². The Hall–Kier alpha value is -3.40. The zero-order valence-corrected chi connectivity index (χ0v) is 24.6. The lowest BCUT2D eigenvalue weighted by Gasteiger charge is -2.38. The molecule has 0 aromatic rings. The van der Waals surface area contributed by atoms with Crippen LogP contribution in [0.5, 0.6) is 0 Å². The van der Waals surface area contributed by atoms with Gasteiger partial charge in [0.1, 0.15) is 12.0 Å². The summed E-state index contributed by atoms with van der Waals surface area (Å²) in [5.41, 5.74) is 0. The summed E-state index contributed by atoms with van der Waals surface area (Å²) in [6.07, 6.45) is -6.63. The van der Waals surface area contributed by atoms with Gasteiger partial charge in [-0.05, 0) is 13.8 Å². The minimum atomic E-state index is -1.74. The zero-order valence-electron chi connectivity index (χ0n) is 23.7. The van der Waals surface area contributed by atoms with Crippen LogP contribution in [0.15, 0.2) is 0 Å². The predicted octanol–water partition coefficient (Wildman–Crippen LogP) is 0.450. The topological polar surface area (TPSA) is 187 Å². The van der Waals surface area contributed by atoms with Gasteiger partial charge in [-0.2, -0.15) is 0 Å². The molecule has 0 radical (unpaired) electrons. The normalized spacial score (nSPS) is 21.0. The molecule has 1 saturated heterocycles. The molecule has 1 fully saturated rings. The Bertz CT molecular complexity index is 998. The second kappa shape index (κ2) is 14.8. The van der Waals surface area contributed by atoms with E-state index in [2.05, 4.69) is 0 Å². The number of carbonyl (C=O) groups excluding carboxylic acids is 7. The first-order valence-corrected chi connectivity index (χ1v) is 12.8. The maximum atomic E-state index is 12.8. The van der Waals surface area contributed by atoms with E-state index in [1.54, 1.807) is 13.8 Å². The van der Waals surface area contributed by atoms with Crippen LogP contribution in [0.1, 0.15) is 55.4 Å². The van der Waals surface area contributed by atoms with Crippen LogP contribution in [-0.2, 0) is 66.8 Å². The number of thioether (sulfide) groups is 1. The van der Waals surface area contributed by atoms with Gasteiger partial charge in [0.05, 0.1) is 7.11 Å². The van der Waals surface area contributed by atoms with Gasteiger partial charge >= 0.3 is 41.8 Å². The van der Waals surface area contributed by atoms with E-state index in [1.807, 2.05) is 0 Å². The second-order valence-corrected chi connectivity index (χ2v) is 10.9. The lowest BCUT2D eigenvalue weighted by Crippen LogP contribution is -2.59. The van der Waals surface area contributed by atoms with Gasteiger partial charge < -0.3 is 33.3 Å². The van der Waals surface area contributed by atoms with E-state index < -0.39 is 89.0 Å². The standard InChI is InChI=1S/C24H35NO14S/c1-11(26)34-10-17(35-12(2)27)18(36-13(3)28)19(37-14(4)29)20(38-15(5)30)22-25(39-16(6)31)21(23(32)33-9)24(7,8)40-22/h17-22H,10H2,1-9H3/t17-,18-,19+,20+,21-,22-/m0/s1. The van der Waals surface area contributed by atoms with Crippen molar-refractivity contribution in [1.82, 2.24) is 5.06 Å². The quantitative estimate of drug-likeness (QED) is 0.224. The number of methoxy groups -OCH3 is 1. The summed E-state index contributed by atoms with van der Waals surface area (Å²) in [5, 5.41) is -0.318. The Balaban J connectivity index is 3.87. The molecular formula is C24H35NO14S. The van der Waals surface area contributed by atoms with Crippen LogP contribution >= 0.6 is 11.8 Å². The number of carbonyl (C=O) groups is 7. The Labute approximate surface area is 235 Å². The van der Waals surface area contributed by atoms with E-state index in [0.717, 1.165) is 65.5 Å². The molecule has 6 atom stereocenters. The van der Waals surface area contributed by atoms with Gasteiger partial charge in [-0.1, -0.05) is 0 Å². The third kappa shape index (κ3) is 9.97. The van der Waals surface area contributed by atoms with E-state index in [1.165, 1.54) is 0 Å². The molecular weight excluding hydrogens is 558 g/mol. The fourth-order valence-electron chi connectivity index (χ4n) is 3.99. The van der Waals surface area contributed by atoms with Crippen LogP contribution < -0.4 is 0 Å². The Kier molecular flexibility index (Phi) is 12.8. The number of hydrogen-bond donors (Lipinski definition) is 0. The van der Waals surface area contributed by atoms with Gasteiger partial charge in [-0.15, -0.1) is 16.8 Å². The van der Waals surface area contributed by atoms with E-state index in [9.17, 15) is 33.6 Å². The average Bonchev–Trinajstić information content (AvgIpc) is 3.05. The van der Waals surface area contributed by atoms with Gasteiger partial charge in [0.25, 0.3) is 0 Å². The molecule has 1 heterocycles. The number of nitrogens with zero attached hydrogens (tertiary/aromatic N) is 1. The van der Waals surface area contributed by atoms with Crippen LogP contribution in [0, 0.1) is 0 Å². The third-order valence-corrected chi connectivity index (χ3v) is 6.76. The molecule has 0 amide bonds. The molecule has 0 aromatic carbocycles. The van der Waals surface area contributed by atoms with Crippen LogP contribution in [0.25, 0.3) is 0 Å². The van der Waals surface area contributed by atoms with Gasteiger partial charge in [0.15, 0.2) is 30.5 Å². The van der Waals surface area contributed by atoms with Crippen molar-refractivity contribution < 1.29 is 66.8 Å². The van der Waals surface area contributed by atoms with Crippen LogP contribution in [0.2, 0.25) is 0 Å². The fraction of sp³-hybridized carbons (Fsp3) is 0.708. The van der Waals surface area contributed by atoms with Crippen LogP contribution in [-0.4, -0.2) is 101 Å². The molecule has 0 spiro atoms. The molecule has 1 aliphatic rings. The summed E-state index contributed by atoms with van der Waals surface area (Å²) < 4.78 is 30.5. The lowest BCUT2D eigenvalue weighted by molar-refractivity contribution is -0.231. The van der Waals surface area contributed by atoms with E-state index >= 15 is 0 Å². The maximum Gasteiger partial charge on any atom is 0.328 e. The highest BCUT2D eigenvalue weighted by Crippen LogP contribution is 2.48. The van der Waals surface area contributed by atoms with Crippen LogP contribution in [0.3, 0.4) is 0 Å². The highest BCUT2D eigenvalue weighted by Gasteiger charge is 2.60. The van der Waals surface area contributed by atoms with Crippen molar-refractivity contribution in [2.45, 2.75) is 96.0 Å². The highest BCUT2D eigenvalue weighted by molar-refractivity contribution is 8.01. The average molecular weight is 594 g/mol. The van der Waals surface area contributed by atoms with Gasteiger partial charge in [0.2, 0.25) is 0 Å². The summed E-state index contributed by atoms with van der Waals surface area (Å²) in [6.45, 7) is 8.89. The Morgan fingerprint density at radius 1 is 0.725 bits per heavy atom. The van der Waals surface area contributed by atoms with Crippen molar-refractivity contribution in [3.63, 3.8) is 0 Å². The maximum absolute atomic E-state index is 12.8. The summed E-state index contributed by atoms with van der Waals surface area (Å²) in [4.78, 5) is 90.4. The monoisotopic (exact) mass is 593 g/mol. The first-order valence-electron chi connectivity index (χ1n) is 12.0. The fourth-order valence-corrected chi connectivity index (χ4v) is 5.56. The Morgan fingerprint density at radius 2 is 1.23 bits per heavy atom. The van der Waals surface area contributed by atoms with Crippen molar-refractivity contribution in [2.24, 2.45) is 0 Å². The molecule has 0 aromatic heterocycles. The molecule has 40 heavy (non-hydrogen) atoms. The van der Waals surface area contributed by atoms with Crippen molar-refractivity contribution in [2.75, 3.05) is 13.7 Å². The number of hydrogen-bond acceptors (Lipinski definition) is 16. The van der Waals surface area contributed by atoms with E-state index in [0.29, 0.717) is 0 Å². The molecule has 16 heteroatoms. The summed E-state index contributed by atoms with van der Waals surface area (Å²) in [5.74, 6) is -6.03. The van der Waals surface area contributed by atoms with Crippen molar-refractivity contribution >= 4 is 53.5 Å². The first kappa shape index (κ1) is 34.6. The zero-order chi connectivity index (χ0) is 30.9. The number of rotatable bonds is 12. The van der Waals surface area contributed by atoms with Gasteiger partial charge in [-0.25, -0.2) is 0 Å². The molecule has 226 valence electrons. The second-order valence-electron chi connectivity index (χ2n) is 9.15. The molecule has 0 aliphatic carbocycles.